The van der Waals surface area contributed by atoms with E-state index < -0.39 is 16.1 Å². The van der Waals surface area contributed by atoms with Crippen LogP contribution in [0.2, 0.25) is 0 Å². The summed E-state index contributed by atoms with van der Waals surface area (Å²) in [6.45, 7) is 4.13. The Hall–Kier alpha value is -2.54. The van der Waals surface area contributed by atoms with Gasteiger partial charge >= 0.3 is 0 Å². The molecule has 0 aromatic heterocycles. The topological polar surface area (TPSA) is 66.9 Å². The minimum atomic E-state index is -3.63. The van der Waals surface area contributed by atoms with Gasteiger partial charge in [-0.05, 0) is 43.2 Å². The second-order valence-corrected chi connectivity index (χ2v) is 8.72. The van der Waals surface area contributed by atoms with E-state index in [4.69, 9.17) is 4.74 Å². The summed E-state index contributed by atoms with van der Waals surface area (Å²) < 4.78 is 31.4. The quantitative estimate of drug-likeness (QED) is 0.678. The van der Waals surface area contributed by atoms with Crippen molar-refractivity contribution in [2.45, 2.75) is 32.9 Å². The van der Waals surface area contributed by atoms with E-state index in [1.54, 1.807) is 31.2 Å². The Morgan fingerprint density at radius 3 is 2.11 bits per heavy atom. The highest BCUT2D eigenvalue weighted by molar-refractivity contribution is 7.92. The fourth-order valence-corrected chi connectivity index (χ4v) is 4.28. The normalized spacial score (nSPS) is 12.3. The molecule has 0 aliphatic rings. The first-order chi connectivity index (χ1) is 13.2. The molecular formula is C21H28N2O4S. The molecule has 1 amide bonds. The first-order valence-electron chi connectivity index (χ1n) is 9.11. The minimum Gasteiger partial charge on any atom is -0.497 e. The highest BCUT2D eigenvalue weighted by Crippen LogP contribution is 2.24. The van der Waals surface area contributed by atoms with Crippen molar-refractivity contribution in [2.75, 3.05) is 24.7 Å². The molecule has 152 valence electrons. The van der Waals surface area contributed by atoms with E-state index in [1.165, 1.54) is 4.31 Å². The molecule has 1 atom stereocenters. The second-order valence-electron chi connectivity index (χ2n) is 6.86. The van der Waals surface area contributed by atoms with Gasteiger partial charge < -0.3 is 9.64 Å². The molecule has 7 heteroatoms. The number of hydrogen-bond donors (Lipinski definition) is 0. The lowest BCUT2D eigenvalue weighted by atomic mass is 10.1. The Morgan fingerprint density at radius 1 is 1.07 bits per heavy atom. The number of likely N-dealkylation sites (N-methyl/N-ethyl adjacent to an activating group) is 1. The minimum absolute atomic E-state index is 0.246. The third-order valence-corrected chi connectivity index (χ3v) is 5.74. The number of methoxy groups -OCH3 is 1. The van der Waals surface area contributed by atoms with E-state index in [-0.39, 0.29) is 5.91 Å². The van der Waals surface area contributed by atoms with Gasteiger partial charge in [-0.1, -0.05) is 36.8 Å². The smallest absolute Gasteiger partial charge is 0.246 e. The van der Waals surface area contributed by atoms with Crippen LogP contribution >= 0.6 is 0 Å². The van der Waals surface area contributed by atoms with Crippen LogP contribution in [-0.2, 0) is 21.4 Å². The van der Waals surface area contributed by atoms with E-state index in [0.29, 0.717) is 18.7 Å². The molecule has 0 saturated carbocycles. The Labute approximate surface area is 167 Å². The number of sulfonamides is 1. The fourth-order valence-electron chi connectivity index (χ4n) is 3.07. The van der Waals surface area contributed by atoms with Crippen molar-refractivity contribution in [1.82, 2.24) is 4.90 Å². The van der Waals surface area contributed by atoms with E-state index in [1.807, 2.05) is 50.2 Å². The van der Waals surface area contributed by atoms with Gasteiger partial charge in [0.05, 0.1) is 19.1 Å². The van der Waals surface area contributed by atoms with E-state index in [9.17, 15) is 13.2 Å². The molecule has 6 nitrogen and oxygen atoms in total. The average Bonchev–Trinajstić information content (AvgIpc) is 2.66. The number of nitrogens with zero attached hydrogens (tertiary/aromatic N) is 2. The van der Waals surface area contributed by atoms with Gasteiger partial charge in [0.2, 0.25) is 15.9 Å². The molecular weight excluding hydrogens is 376 g/mol. The van der Waals surface area contributed by atoms with Gasteiger partial charge in [-0.3, -0.25) is 9.10 Å². The van der Waals surface area contributed by atoms with Gasteiger partial charge in [-0.25, -0.2) is 8.42 Å². The van der Waals surface area contributed by atoms with Gasteiger partial charge in [0.15, 0.2) is 0 Å². The summed E-state index contributed by atoms with van der Waals surface area (Å²) in [6, 6.07) is 13.8. The van der Waals surface area contributed by atoms with Crippen molar-refractivity contribution < 1.29 is 17.9 Å². The van der Waals surface area contributed by atoms with Gasteiger partial charge in [-0.2, -0.15) is 0 Å². The van der Waals surface area contributed by atoms with Crippen LogP contribution in [0.1, 0.15) is 24.5 Å². The van der Waals surface area contributed by atoms with Crippen LogP contribution in [0.3, 0.4) is 0 Å². The molecule has 0 heterocycles. The van der Waals surface area contributed by atoms with Gasteiger partial charge in [0.25, 0.3) is 0 Å². The molecule has 0 saturated heterocycles. The van der Waals surface area contributed by atoms with Gasteiger partial charge in [0, 0.05) is 13.6 Å². The summed E-state index contributed by atoms with van der Waals surface area (Å²) in [7, 11) is -0.349. The Kier molecular flexibility index (Phi) is 7.07. The van der Waals surface area contributed by atoms with Crippen LogP contribution in [-0.4, -0.2) is 45.7 Å². The van der Waals surface area contributed by atoms with Crippen molar-refractivity contribution >= 4 is 21.6 Å². The van der Waals surface area contributed by atoms with Crippen molar-refractivity contribution in [1.29, 1.82) is 0 Å². The number of rotatable bonds is 8. The maximum atomic E-state index is 13.1. The summed E-state index contributed by atoms with van der Waals surface area (Å²) in [5.74, 6) is 0.496. The maximum absolute atomic E-state index is 13.1. The number of aryl methyl sites for hydroxylation is 1. The molecule has 0 unspecified atom stereocenters. The maximum Gasteiger partial charge on any atom is 0.246 e. The number of carbonyl (C=O) groups is 1. The summed E-state index contributed by atoms with van der Waals surface area (Å²) in [6.07, 6.45) is 1.50. The van der Waals surface area contributed by atoms with E-state index in [0.717, 1.165) is 23.1 Å². The predicted octanol–water partition coefficient (Wildman–Crippen LogP) is 3.21. The van der Waals surface area contributed by atoms with E-state index >= 15 is 0 Å². The van der Waals surface area contributed by atoms with Crippen LogP contribution in [0.15, 0.2) is 48.5 Å². The predicted molar refractivity (Wildman–Crippen MR) is 112 cm³/mol. The lowest BCUT2D eigenvalue weighted by Crippen LogP contribution is -2.49. The van der Waals surface area contributed by atoms with Crippen LogP contribution in [0.25, 0.3) is 0 Å². The van der Waals surface area contributed by atoms with Gasteiger partial charge in [0.1, 0.15) is 11.8 Å². The second kappa shape index (κ2) is 9.10. The molecule has 2 aromatic carbocycles. The summed E-state index contributed by atoms with van der Waals surface area (Å²) in [4.78, 5) is 14.7. The van der Waals surface area contributed by atoms with Crippen LogP contribution in [0.4, 0.5) is 5.69 Å². The highest BCUT2D eigenvalue weighted by Gasteiger charge is 2.33. The van der Waals surface area contributed by atoms with Crippen molar-refractivity contribution in [3.05, 3.63) is 59.7 Å². The molecule has 28 heavy (non-hydrogen) atoms. The third-order valence-electron chi connectivity index (χ3n) is 4.56. The molecule has 0 fully saturated rings. The first-order valence-corrected chi connectivity index (χ1v) is 11.0. The van der Waals surface area contributed by atoms with Crippen molar-refractivity contribution in [3.63, 3.8) is 0 Å². The number of anilines is 1. The zero-order valence-electron chi connectivity index (χ0n) is 17.0. The summed E-state index contributed by atoms with van der Waals surface area (Å²) >= 11 is 0. The SMILES string of the molecule is CC[C@@H](C(=O)N(C)Cc1ccc(OC)cc1)N(c1ccc(C)cc1)S(C)(=O)=O. The van der Waals surface area contributed by atoms with Crippen molar-refractivity contribution in [3.8, 4) is 5.75 Å². The number of ether oxygens (including phenoxy) is 1. The highest BCUT2D eigenvalue weighted by atomic mass is 32.2. The number of carbonyl (C=O) groups excluding carboxylic acids is 1. The monoisotopic (exact) mass is 404 g/mol. The van der Waals surface area contributed by atoms with Gasteiger partial charge in [-0.15, -0.1) is 0 Å². The third kappa shape index (κ3) is 5.25. The Balaban J connectivity index is 2.28. The first kappa shape index (κ1) is 21.8. The largest absolute Gasteiger partial charge is 0.497 e. The fraction of sp³-hybridized carbons (Fsp3) is 0.381. The van der Waals surface area contributed by atoms with Crippen LogP contribution < -0.4 is 9.04 Å². The molecule has 0 spiro atoms. The number of benzene rings is 2. The number of hydrogen-bond acceptors (Lipinski definition) is 4. The molecule has 2 rings (SSSR count). The Bertz CT molecular complexity index is 893. The summed E-state index contributed by atoms with van der Waals surface area (Å²) in [5.41, 5.74) is 2.45. The zero-order chi connectivity index (χ0) is 20.9. The molecule has 0 N–H and O–H groups in total. The van der Waals surface area contributed by atoms with Crippen LogP contribution in [0, 0.1) is 6.92 Å². The van der Waals surface area contributed by atoms with E-state index in [2.05, 4.69) is 0 Å². The molecule has 0 aliphatic heterocycles. The molecule has 0 radical (unpaired) electrons. The van der Waals surface area contributed by atoms with Crippen LogP contribution in [0.5, 0.6) is 5.75 Å². The summed E-state index contributed by atoms with van der Waals surface area (Å²) in [5, 5.41) is 0. The lowest BCUT2D eigenvalue weighted by Gasteiger charge is -2.33. The molecule has 0 bridgehead atoms. The molecule has 0 aliphatic carbocycles. The average molecular weight is 405 g/mol. The standard InChI is InChI=1S/C21H28N2O4S/c1-6-20(23(28(5,25)26)18-11-7-16(2)8-12-18)21(24)22(3)15-17-9-13-19(27-4)14-10-17/h7-14,20H,6,15H2,1-5H3/t20-/m0/s1. The Morgan fingerprint density at radius 2 is 1.64 bits per heavy atom. The lowest BCUT2D eigenvalue weighted by molar-refractivity contribution is -0.131. The van der Waals surface area contributed by atoms with Crippen molar-refractivity contribution in [2.24, 2.45) is 0 Å². The number of amides is 1. The zero-order valence-corrected chi connectivity index (χ0v) is 17.9. The molecule has 2 aromatic rings.